The normalized spacial score (nSPS) is 14.9. The predicted molar refractivity (Wildman–Crippen MR) is 75.9 cm³/mol. The Bertz CT molecular complexity index is 472. The van der Waals surface area contributed by atoms with E-state index in [2.05, 4.69) is 34.6 Å². The molecule has 1 aromatic heterocycles. The van der Waals surface area contributed by atoms with Crippen LogP contribution in [0.15, 0.2) is 35.8 Å². The summed E-state index contributed by atoms with van der Waals surface area (Å²) in [5.41, 5.74) is 2.89. The molecule has 0 saturated heterocycles. The van der Waals surface area contributed by atoms with Gasteiger partial charge in [-0.25, -0.2) is 4.98 Å². The Hall–Kier alpha value is -1.19. The molecule has 0 radical (unpaired) electrons. The van der Waals surface area contributed by atoms with E-state index < -0.39 is 0 Å². The number of hydrogen-bond donors (Lipinski definition) is 1. The molecule has 1 saturated carbocycles. The lowest BCUT2D eigenvalue weighted by molar-refractivity contribution is 0.685. The SMILES string of the molecule is c1csc(CCNCc2ccc(C3CC3)cc2)n1. The van der Waals surface area contributed by atoms with Crippen molar-refractivity contribution in [3.8, 4) is 0 Å². The summed E-state index contributed by atoms with van der Waals surface area (Å²) in [4.78, 5) is 4.28. The van der Waals surface area contributed by atoms with Crippen LogP contribution in [0.4, 0.5) is 0 Å². The molecule has 18 heavy (non-hydrogen) atoms. The van der Waals surface area contributed by atoms with E-state index in [9.17, 15) is 0 Å². The first-order valence-corrected chi connectivity index (χ1v) is 7.48. The molecular weight excluding hydrogens is 240 g/mol. The average Bonchev–Trinajstić information content (AvgIpc) is 3.13. The van der Waals surface area contributed by atoms with Gasteiger partial charge in [-0.1, -0.05) is 24.3 Å². The molecule has 1 aliphatic carbocycles. The van der Waals surface area contributed by atoms with Gasteiger partial charge in [0, 0.05) is 31.1 Å². The lowest BCUT2D eigenvalue weighted by atomic mass is 10.1. The van der Waals surface area contributed by atoms with Crippen LogP contribution in [0.2, 0.25) is 0 Å². The first kappa shape index (κ1) is 11.9. The number of rotatable bonds is 6. The molecule has 1 aromatic carbocycles. The molecule has 0 bridgehead atoms. The van der Waals surface area contributed by atoms with Gasteiger partial charge in [0.2, 0.25) is 0 Å². The standard InChI is InChI=1S/C15H18N2S/c1-3-13(14-5-6-14)4-2-12(1)11-16-8-7-15-17-9-10-18-15/h1-4,9-10,14,16H,5-8,11H2. The Morgan fingerprint density at radius 1 is 1.22 bits per heavy atom. The van der Waals surface area contributed by atoms with E-state index >= 15 is 0 Å². The van der Waals surface area contributed by atoms with Gasteiger partial charge in [-0.2, -0.15) is 0 Å². The second-order valence-electron chi connectivity index (χ2n) is 4.87. The maximum Gasteiger partial charge on any atom is 0.0937 e. The number of benzene rings is 1. The maximum atomic E-state index is 4.28. The molecule has 0 atom stereocenters. The Morgan fingerprint density at radius 2 is 2.06 bits per heavy atom. The van der Waals surface area contributed by atoms with Gasteiger partial charge in [-0.15, -0.1) is 11.3 Å². The highest BCUT2D eigenvalue weighted by Gasteiger charge is 2.22. The smallest absolute Gasteiger partial charge is 0.0937 e. The van der Waals surface area contributed by atoms with Gasteiger partial charge in [0.25, 0.3) is 0 Å². The summed E-state index contributed by atoms with van der Waals surface area (Å²) in [5.74, 6) is 0.858. The van der Waals surface area contributed by atoms with Crippen molar-refractivity contribution >= 4 is 11.3 Å². The van der Waals surface area contributed by atoms with Crippen LogP contribution in [-0.4, -0.2) is 11.5 Å². The minimum Gasteiger partial charge on any atom is -0.312 e. The molecule has 1 N–H and O–H groups in total. The minimum atomic E-state index is 0.858. The van der Waals surface area contributed by atoms with Gasteiger partial charge < -0.3 is 5.32 Å². The van der Waals surface area contributed by atoms with Crippen molar-refractivity contribution in [3.63, 3.8) is 0 Å². The van der Waals surface area contributed by atoms with Crippen molar-refractivity contribution in [3.05, 3.63) is 52.0 Å². The molecule has 0 aliphatic heterocycles. The molecular formula is C15H18N2S. The molecule has 1 heterocycles. The zero-order valence-electron chi connectivity index (χ0n) is 10.4. The molecule has 1 aliphatic rings. The van der Waals surface area contributed by atoms with Crippen LogP contribution < -0.4 is 5.32 Å². The minimum absolute atomic E-state index is 0.858. The fourth-order valence-electron chi connectivity index (χ4n) is 2.13. The van der Waals surface area contributed by atoms with Crippen molar-refractivity contribution in [2.45, 2.75) is 31.7 Å². The quantitative estimate of drug-likeness (QED) is 0.804. The fraction of sp³-hybridized carbons (Fsp3) is 0.400. The number of aromatic nitrogens is 1. The number of nitrogens with zero attached hydrogens (tertiary/aromatic N) is 1. The van der Waals surface area contributed by atoms with Crippen LogP contribution in [0.25, 0.3) is 0 Å². The van der Waals surface area contributed by atoms with Gasteiger partial charge in [-0.05, 0) is 29.9 Å². The molecule has 94 valence electrons. The van der Waals surface area contributed by atoms with E-state index in [1.54, 1.807) is 11.3 Å². The molecule has 2 nitrogen and oxygen atoms in total. The zero-order chi connectivity index (χ0) is 12.2. The Labute approximate surface area is 112 Å². The highest BCUT2D eigenvalue weighted by atomic mass is 32.1. The van der Waals surface area contributed by atoms with Gasteiger partial charge in [0.05, 0.1) is 5.01 Å². The third-order valence-corrected chi connectivity index (χ3v) is 4.20. The van der Waals surface area contributed by atoms with Crippen LogP contribution in [0, 0.1) is 0 Å². The molecule has 0 unspecified atom stereocenters. The molecule has 3 heteroatoms. The van der Waals surface area contributed by atoms with Crippen molar-refractivity contribution in [1.29, 1.82) is 0 Å². The number of nitrogens with one attached hydrogen (secondary N) is 1. The topological polar surface area (TPSA) is 24.9 Å². The lowest BCUT2D eigenvalue weighted by Gasteiger charge is -2.05. The van der Waals surface area contributed by atoms with Crippen LogP contribution in [0.3, 0.4) is 0 Å². The summed E-state index contributed by atoms with van der Waals surface area (Å²) in [6.45, 7) is 1.95. The van der Waals surface area contributed by atoms with Gasteiger partial charge in [-0.3, -0.25) is 0 Å². The summed E-state index contributed by atoms with van der Waals surface area (Å²) in [7, 11) is 0. The largest absolute Gasteiger partial charge is 0.312 e. The van der Waals surface area contributed by atoms with Crippen LogP contribution in [0.5, 0.6) is 0 Å². The van der Waals surface area contributed by atoms with E-state index in [4.69, 9.17) is 0 Å². The summed E-state index contributed by atoms with van der Waals surface area (Å²) < 4.78 is 0. The Kier molecular flexibility index (Phi) is 3.72. The van der Waals surface area contributed by atoms with Crippen molar-refractivity contribution in [2.24, 2.45) is 0 Å². The van der Waals surface area contributed by atoms with E-state index in [0.29, 0.717) is 0 Å². The van der Waals surface area contributed by atoms with Crippen molar-refractivity contribution in [2.75, 3.05) is 6.54 Å². The van der Waals surface area contributed by atoms with Crippen LogP contribution in [0.1, 0.15) is 34.9 Å². The van der Waals surface area contributed by atoms with E-state index in [0.717, 1.165) is 25.4 Å². The Balaban J connectivity index is 1.42. The highest BCUT2D eigenvalue weighted by molar-refractivity contribution is 7.09. The third-order valence-electron chi connectivity index (χ3n) is 3.36. The average molecular weight is 258 g/mol. The molecule has 2 aromatic rings. The van der Waals surface area contributed by atoms with Gasteiger partial charge >= 0.3 is 0 Å². The molecule has 3 rings (SSSR count). The summed E-state index contributed by atoms with van der Waals surface area (Å²) in [6, 6.07) is 9.08. The van der Waals surface area contributed by atoms with E-state index in [1.807, 2.05) is 11.6 Å². The van der Waals surface area contributed by atoms with Crippen LogP contribution >= 0.6 is 11.3 Å². The fourth-order valence-corrected chi connectivity index (χ4v) is 2.75. The maximum absolute atomic E-state index is 4.28. The second-order valence-corrected chi connectivity index (χ2v) is 5.85. The summed E-state index contributed by atoms with van der Waals surface area (Å²) in [6.07, 6.45) is 5.66. The number of hydrogen-bond acceptors (Lipinski definition) is 3. The third kappa shape index (κ3) is 3.18. The van der Waals surface area contributed by atoms with Crippen molar-refractivity contribution in [1.82, 2.24) is 10.3 Å². The molecule has 0 amide bonds. The van der Waals surface area contributed by atoms with Gasteiger partial charge in [0.1, 0.15) is 0 Å². The first-order valence-electron chi connectivity index (χ1n) is 6.60. The van der Waals surface area contributed by atoms with Crippen LogP contribution in [-0.2, 0) is 13.0 Å². The molecule has 1 fully saturated rings. The highest BCUT2D eigenvalue weighted by Crippen LogP contribution is 2.39. The predicted octanol–water partition coefficient (Wildman–Crippen LogP) is 3.35. The van der Waals surface area contributed by atoms with Gasteiger partial charge in [0.15, 0.2) is 0 Å². The Morgan fingerprint density at radius 3 is 2.72 bits per heavy atom. The first-order chi connectivity index (χ1) is 8.92. The number of thiazole rings is 1. The zero-order valence-corrected chi connectivity index (χ0v) is 11.2. The molecule has 0 spiro atoms. The van der Waals surface area contributed by atoms with Crippen molar-refractivity contribution < 1.29 is 0 Å². The lowest BCUT2D eigenvalue weighted by Crippen LogP contribution is -2.16. The van der Waals surface area contributed by atoms with E-state index in [1.165, 1.54) is 29.0 Å². The summed E-state index contributed by atoms with van der Waals surface area (Å²) in [5, 5.41) is 6.72. The second kappa shape index (κ2) is 5.63. The summed E-state index contributed by atoms with van der Waals surface area (Å²) >= 11 is 1.73. The monoisotopic (exact) mass is 258 g/mol. The van der Waals surface area contributed by atoms with E-state index in [-0.39, 0.29) is 0 Å².